The lowest BCUT2D eigenvalue weighted by Gasteiger charge is -2.05. The molecule has 13 heavy (non-hydrogen) atoms. The van der Waals surface area contributed by atoms with Crippen LogP contribution in [0.4, 0.5) is 0 Å². The second-order valence-electron chi connectivity index (χ2n) is 3.29. The summed E-state index contributed by atoms with van der Waals surface area (Å²) in [5, 5.41) is 0. The number of aryl methyl sites for hydroxylation is 1. The molecule has 1 fully saturated rings. The Kier molecular flexibility index (Phi) is 2.40. The van der Waals surface area contributed by atoms with E-state index in [-0.39, 0.29) is 11.7 Å². The predicted octanol–water partition coefficient (Wildman–Crippen LogP) is 1.36. The van der Waals surface area contributed by atoms with Crippen LogP contribution in [0.2, 0.25) is 0 Å². The van der Waals surface area contributed by atoms with Crippen molar-refractivity contribution in [1.29, 1.82) is 0 Å². The van der Waals surface area contributed by atoms with Crippen molar-refractivity contribution in [1.82, 2.24) is 9.55 Å². The van der Waals surface area contributed by atoms with Crippen molar-refractivity contribution in [3.63, 3.8) is 0 Å². The monoisotopic (exact) mass is 196 g/mol. The van der Waals surface area contributed by atoms with Crippen LogP contribution in [0.15, 0.2) is 12.4 Å². The number of rotatable bonds is 2. The first-order valence-corrected chi connectivity index (χ1v) is 5.54. The van der Waals surface area contributed by atoms with Crippen LogP contribution in [0.5, 0.6) is 0 Å². The second kappa shape index (κ2) is 3.54. The molecule has 0 bridgehead atoms. The highest BCUT2D eigenvalue weighted by atomic mass is 32.2. The van der Waals surface area contributed by atoms with Gasteiger partial charge in [-0.3, -0.25) is 4.79 Å². The lowest BCUT2D eigenvalue weighted by Crippen LogP contribution is -2.17. The molecule has 0 N–H and O–H groups in total. The fourth-order valence-electron chi connectivity index (χ4n) is 1.53. The number of ketones is 1. The van der Waals surface area contributed by atoms with Gasteiger partial charge >= 0.3 is 0 Å². The van der Waals surface area contributed by atoms with Crippen LogP contribution in [-0.4, -0.2) is 26.8 Å². The molecule has 0 saturated carbocycles. The smallest absolute Gasteiger partial charge is 0.202 e. The highest BCUT2D eigenvalue weighted by Gasteiger charge is 2.26. The fraction of sp³-hybridized carbons (Fsp3) is 0.556. The third-order valence-corrected chi connectivity index (χ3v) is 3.50. The lowest BCUT2D eigenvalue weighted by atomic mass is 10.0. The van der Waals surface area contributed by atoms with E-state index in [1.165, 1.54) is 0 Å². The Labute approximate surface area is 81.5 Å². The van der Waals surface area contributed by atoms with E-state index in [1.807, 2.05) is 25.0 Å². The SMILES string of the molecule is Cn1ccnc1C(=O)C1CCSC1. The number of thioether (sulfide) groups is 1. The van der Waals surface area contributed by atoms with E-state index in [1.54, 1.807) is 10.8 Å². The zero-order chi connectivity index (χ0) is 9.26. The number of aromatic nitrogens is 2. The Hall–Kier alpha value is -0.770. The van der Waals surface area contributed by atoms with E-state index in [0.717, 1.165) is 17.9 Å². The molecule has 2 rings (SSSR count). The van der Waals surface area contributed by atoms with Crippen LogP contribution >= 0.6 is 11.8 Å². The van der Waals surface area contributed by atoms with Crippen LogP contribution < -0.4 is 0 Å². The summed E-state index contributed by atoms with van der Waals surface area (Å²) in [7, 11) is 1.86. The van der Waals surface area contributed by atoms with Gasteiger partial charge in [0.1, 0.15) is 0 Å². The number of carbonyl (C=O) groups excluding carboxylic acids is 1. The number of carbonyl (C=O) groups is 1. The summed E-state index contributed by atoms with van der Waals surface area (Å²) in [6, 6.07) is 0. The summed E-state index contributed by atoms with van der Waals surface area (Å²) >= 11 is 1.86. The zero-order valence-corrected chi connectivity index (χ0v) is 8.38. The van der Waals surface area contributed by atoms with Gasteiger partial charge in [-0.1, -0.05) is 0 Å². The summed E-state index contributed by atoms with van der Waals surface area (Å²) in [5.41, 5.74) is 0. The molecule has 2 heterocycles. The normalized spacial score (nSPS) is 22.1. The largest absolute Gasteiger partial charge is 0.332 e. The molecule has 1 aromatic heterocycles. The summed E-state index contributed by atoms with van der Waals surface area (Å²) < 4.78 is 1.80. The van der Waals surface area contributed by atoms with Gasteiger partial charge in [0.15, 0.2) is 5.82 Å². The van der Waals surface area contributed by atoms with Gasteiger partial charge in [0.05, 0.1) is 0 Å². The van der Waals surface area contributed by atoms with Crippen molar-refractivity contribution in [3.8, 4) is 0 Å². The van der Waals surface area contributed by atoms with Gasteiger partial charge < -0.3 is 4.57 Å². The Morgan fingerprint density at radius 2 is 2.62 bits per heavy atom. The first-order valence-electron chi connectivity index (χ1n) is 4.38. The van der Waals surface area contributed by atoms with Crippen molar-refractivity contribution in [2.75, 3.05) is 11.5 Å². The molecular weight excluding hydrogens is 184 g/mol. The lowest BCUT2D eigenvalue weighted by molar-refractivity contribution is 0.0920. The zero-order valence-electron chi connectivity index (χ0n) is 7.56. The minimum absolute atomic E-state index is 0.200. The van der Waals surface area contributed by atoms with Crippen molar-refractivity contribution >= 4 is 17.5 Å². The van der Waals surface area contributed by atoms with Gasteiger partial charge in [-0.15, -0.1) is 0 Å². The standard InChI is InChI=1S/C9H12N2OS/c1-11-4-3-10-9(11)8(12)7-2-5-13-6-7/h3-4,7H,2,5-6H2,1H3. The summed E-state index contributed by atoms with van der Waals surface area (Å²) in [6.07, 6.45) is 4.50. The molecule has 1 aromatic rings. The molecule has 0 aliphatic carbocycles. The molecule has 1 aliphatic rings. The van der Waals surface area contributed by atoms with Gasteiger partial charge in [0, 0.05) is 31.1 Å². The third kappa shape index (κ3) is 1.63. The average Bonchev–Trinajstić information content (AvgIpc) is 2.72. The van der Waals surface area contributed by atoms with Crippen LogP contribution in [0.3, 0.4) is 0 Å². The molecule has 0 aromatic carbocycles. The highest BCUT2D eigenvalue weighted by Crippen LogP contribution is 2.25. The van der Waals surface area contributed by atoms with Gasteiger partial charge in [0.25, 0.3) is 0 Å². The molecule has 1 atom stereocenters. The molecule has 1 saturated heterocycles. The molecule has 0 spiro atoms. The third-order valence-electron chi connectivity index (χ3n) is 2.34. The minimum atomic E-state index is 0.200. The molecule has 0 amide bonds. The Balaban J connectivity index is 2.17. The minimum Gasteiger partial charge on any atom is -0.332 e. The first-order chi connectivity index (χ1) is 6.29. The predicted molar refractivity (Wildman–Crippen MR) is 53.0 cm³/mol. The van der Waals surface area contributed by atoms with Crippen molar-refractivity contribution in [2.24, 2.45) is 13.0 Å². The molecular formula is C9H12N2OS. The van der Waals surface area contributed by atoms with Crippen molar-refractivity contribution in [2.45, 2.75) is 6.42 Å². The maximum Gasteiger partial charge on any atom is 0.202 e. The average molecular weight is 196 g/mol. The highest BCUT2D eigenvalue weighted by molar-refractivity contribution is 7.99. The van der Waals surface area contributed by atoms with E-state index in [0.29, 0.717) is 5.82 Å². The van der Waals surface area contributed by atoms with E-state index in [9.17, 15) is 4.79 Å². The second-order valence-corrected chi connectivity index (χ2v) is 4.44. The van der Waals surface area contributed by atoms with Crippen LogP contribution in [0.1, 0.15) is 17.0 Å². The van der Waals surface area contributed by atoms with Crippen LogP contribution in [0.25, 0.3) is 0 Å². The van der Waals surface area contributed by atoms with Gasteiger partial charge in [0.2, 0.25) is 5.78 Å². The Bertz CT molecular complexity index is 315. The molecule has 1 aliphatic heterocycles. The van der Waals surface area contributed by atoms with Gasteiger partial charge in [-0.05, 0) is 12.2 Å². The van der Waals surface area contributed by atoms with E-state index < -0.39 is 0 Å². The maximum absolute atomic E-state index is 11.8. The molecule has 4 heteroatoms. The Morgan fingerprint density at radius 1 is 1.77 bits per heavy atom. The molecule has 1 unspecified atom stereocenters. The number of imidazole rings is 1. The Morgan fingerprint density at radius 3 is 3.15 bits per heavy atom. The summed E-state index contributed by atoms with van der Waals surface area (Å²) in [4.78, 5) is 15.9. The van der Waals surface area contributed by atoms with Crippen molar-refractivity contribution < 1.29 is 4.79 Å². The number of hydrogen-bond donors (Lipinski definition) is 0. The van der Waals surface area contributed by atoms with Crippen LogP contribution in [0, 0.1) is 5.92 Å². The molecule has 0 radical (unpaired) electrons. The maximum atomic E-state index is 11.8. The van der Waals surface area contributed by atoms with E-state index in [4.69, 9.17) is 0 Å². The topological polar surface area (TPSA) is 34.9 Å². The van der Waals surface area contributed by atoms with E-state index in [2.05, 4.69) is 4.98 Å². The number of Topliss-reactive ketones (excluding diaryl/α,β-unsaturated/α-hetero) is 1. The summed E-state index contributed by atoms with van der Waals surface area (Å²) in [6.45, 7) is 0. The van der Waals surface area contributed by atoms with E-state index >= 15 is 0 Å². The first kappa shape index (κ1) is 8.81. The summed E-state index contributed by atoms with van der Waals surface area (Å²) in [5.74, 6) is 3.09. The quantitative estimate of drug-likeness (QED) is 0.670. The van der Waals surface area contributed by atoms with Gasteiger partial charge in [-0.2, -0.15) is 11.8 Å². The van der Waals surface area contributed by atoms with Crippen molar-refractivity contribution in [3.05, 3.63) is 18.2 Å². The molecule has 3 nitrogen and oxygen atoms in total. The molecule has 70 valence electrons. The fourth-order valence-corrected chi connectivity index (χ4v) is 2.75. The van der Waals surface area contributed by atoms with Gasteiger partial charge in [-0.25, -0.2) is 4.98 Å². The van der Waals surface area contributed by atoms with Crippen LogP contribution in [-0.2, 0) is 7.05 Å². The number of nitrogens with zero attached hydrogens (tertiary/aromatic N) is 2. The number of hydrogen-bond acceptors (Lipinski definition) is 3.